The molecule has 0 saturated heterocycles. The minimum atomic E-state index is -3.99. The number of halogens is 5. The van der Waals surface area contributed by atoms with Crippen molar-refractivity contribution >= 4 is 39.2 Å². The van der Waals surface area contributed by atoms with Crippen molar-refractivity contribution in [1.29, 1.82) is 0 Å². The van der Waals surface area contributed by atoms with Gasteiger partial charge in [-0.1, -0.05) is 35.8 Å². The monoisotopic (exact) mass is 622 g/mol. The number of hydrogen-bond acceptors (Lipinski definition) is 5. The highest BCUT2D eigenvalue weighted by Gasteiger charge is 2.52. The molecule has 2 unspecified atom stereocenters. The van der Waals surface area contributed by atoms with Crippen LogP contribution >= 0.6 is 11.6 Å². The molecule has 0 radical (unpaired) electrons. The fourth-order valence-electron chi connectivity index (χ4n) is 6.16. The molecule has 0 aromatic heterocycles. The molecule has 5 atom stereocenters. The number of carbonyl (C=O) groups excluding carboxylic acids is 1. The number of nitrogens with one attached hydrogen (secondary N) is 1. The molecule has 0 aliphatic heterocycles. The van der Waals surface area contributed by atoms with Gasteiger partial charge in [0.2, 0.25) is 0 Å². The van der Waals surface area contributed by atoms with Crippen molar-refractivity contribution < 1.29 is 35.6 Å². The average Bonchev–Trinajstić information content (AvgIpc) is 3.16. The number of sulfone groups is 1. The lowest BCUT2D eigenvalue weighted by Crippen LogP contribution is -2.38. The number of hydrogen-bond donors (Lipinski definition) is 1. The number of oxime groups is 1. The SMILES string of the molecule is C[C@H]1C[C@H]2C[C@H](/C=N/OCc3ccc(F)cc3)CC1C2S(=O)(=O)c1cc(C(=O)Nc2cc(F)c(F)c(F)c2)ccc1Cl. The maximum absolute atomic E-state index is 14.0. The van der Waals surface area contributed by atoms with Gasteiger partial charge in [0.1, 0.15) is 12.4 Å². The van der Waals surface area contributed by atoms with Crippen LogP contribution in [0.25, 0.3) is 0 Å². The largest absolute Gasteiger partial charge is 0.391 e. The zero-order chi connectivity index (χ0) is 30.2. The number of amides is 1. The van der Waals surface area contributed by atoms with Gasteiger partial charge in [-0.3, -0.25) is 4.79 Å². The fraction of sp³-hybridized carbons (Fsp3) is 0.333. The van der Waals surface area contributed by atoms with Crippen molar-refractivity contribution in [2.24, 2.45) is 28.8 Å². The van der Waals surface area contributed by atoms with Crippen LogP contribution in [-0.2, 0) is 21.3 Å². The molecule has 2 aliphatic carbocycles. The summed E-state index contributed by atoms with van der Waals surface area (Å²) in [5, 5.41) is 5.57. The summed E-state index contributed by atoms with van der Waals surface area (Å²) < 4.78 is 81.5. The molecule has 6 nitrogen and oxygen atoms in total. The Balaban J connectivity index is 1.30. The van der Waals surface area contributed by atoms with Crippen molar-refractivity contribution in [2.45, 2.75) is 42.9 Å². The predicted octanol–water partition coefficient (Wildman–Crippen LogP) is 7.18. The Morgan fingerprint density at radius 3 is 2.38 bits per heavy atom. The van der Waals surface area contributed by atoms with Gasteiger partial charge in [-0.05, 0) is 78.8 Å². The summed E-state index contributed by atoms with van der Waals surface area (Å²) in [7, 11) is -3.99. The van der Waals surface area contributed by atoms with Gasteiger partial charge >= 0.3 is 0 Å². The number of carbonyl (C=O) groups is 1. The van der Waals surface area contributed by atoms with E-state index in [0.29, 0.717) is 31.4 Å². The quantitative estimate of drug-likeness (QED) is 0.125. The van der Waals surface area contributed by atoms with Crippen LogP contribution < -0.4 is 5.32 Å². The van der Waals surface area contributed by atoms with Crippen molar-refractivity contribution in [1.82, 2.24) is 0 Å². The number of rotatable bonds is 8. The molecule has 1 N–H and O–H groups in total. The standard InChI is InChI=1S/C30H27ClF4N2O4S/c1-16-8-20-9-18(14-36-41-15-17-2-5-21(32)6-3-17)10-23(16)29(20)42(39,40)27-11-19(4-7-24(27)31)30(38)37-22-12-25(33)28(35)26(34)13-22/h2-7,11-14,16,18,20,23,29H,8-10,15H2,1H3,(H,37,38)/b36-14+/t16-,18-,20-,23?,29?/m0/s1. The van der Waals surface area contributed by atoms with Crippen LogP contribution in [0.4, 0.5) is 23.2 Å². The third-order valence-corrected chi connectivity index (χ3v) is 10.9. The number of benzene rings is 3. The summed E-state index contributed by atoms with van der Waals surface area (Å²) >= 11 is 6.34. The van der Waals surface area contributed by atoms with Gasteiger partial charge < -0.3 is 10.2 Å². The molecular formula is C30H27ClF4N2O4S. The molecule has 3 aromatic rings. The first-order valence-corrected chi connectivity index (χ1v) is 15.3. The lowest BCUT2D eigenvalue weighted by molar-refractivity contribution is 0.102. The average molecular weight is 623 g/mol. The van der Waals surface area contributed by atoms with Crippen LogP contribution in [0.5, 0.6) is 0 Å². The predicted molar refractivity (Wildman–Crippen MR) is 150 cm³/mol. The van der Waals surface area contributed by atoms with E-state index in [1.165, 1.54) is 24.3 Å². The van der Waals surface area contributed by atoms with Crippen LogP contribution in [-0.4, -0.2) is 25.8 Å². The van der Waals surface area contributed by atoms with E-state index >= 15 is 0 Å². The topological polar surface area (TPSA) is 84.8 Å². The summed E-state index contributed by atoms with van der Waals surface area (Å²) in [6.45, 7) is 2.20. The van der Waals surface area contributed by atoms with Gasteiger partial charge in [0.25, 0.3) is 5.91 Å². The second-order valence-corrected chi connectivity index (χ2v) is 13.4. The highest BCUT2D eigenvalue weighted by Crippen LogP contribution is 2.52. The second-order valence-electron chi connectivity index (χ2n) is 10.9. The third-order valence-electron chi connectivity index (χ3n) is 8.06. The number of anilines is 1. The molecule has 2 bridgehead atoms. The first-order chi connectivity index (χ1) is 19.9. The molecule has 42 heavy (non-hydrogen) atoms. The molecule has 2 fully saturated rings. The molecule has 2 saturated carbocycles. The Bertz CT molecular complexity index is 1610. The van der Waals surface area contributed by atoms with Gasteiger partial charge in [0.05, 0.1) is 15.2 Å². The van der Waals surface area contributed by atoms with E-state index in [9.17, 15) is 30.8 Å². The van der Waals surface area contributed by atoms with Crippen molar-refractivity contribution in [3.8, 4) is 0 Å². The maximum atomic E-state index is 14.0. The summed E-state index contributed by atoms with van der Waals surface area (Å²) in [4.78, 5) is 18.0. The maximum Gasteiger partial charge on any atom is 0.255 e. The highest BCUT2D eigenvalue weighted by molar-refractivity contribution is 7.92. The van der Waals surface area contributed by atoms with Crippen LogP contribution in [0, 0.1) is 46.9 Å². The smallest absolute Gasteiger partial charge is 0.255 e. The van der Waals surface area contributed by atoms with E-state index in [0.717, 1.165) is 11.6 Å². The van der Waals surface area contributed by atoms with Gasteiger partial charge in [-0.15, -0.1) is 0 Å². The Kier molecular flexibility index (Phi) is 8.61. The normalized spacial score (nSPS) is 23.7. The van der Waals surface area contributed by atoms with E-state index in [1.807, 2.05) is 6.92 Å². The van der Waals surface area contributed by atoms with Gasteiger partial charge in [-0.2, -0.15) is 0 Å². The Morgan fingerprint density at radius 1 is 1.02 bits per heavy atom. The van der Waals surface area contributed by atoms with Crippen molar-refractivity contribution in [3.63, 3.8) is 0 Å². The van der Waals surface area contributed by atoms with E-state index in [2.05, 4.69) is 10.5 Å². The molecule has 0 spiro atoms. The first kappa shape index (κ1) is 30.0. The van der Waals surface area contributed by atoms with Crippen LogP contribution in [0.2, 0.25) is 5.02 Å². The first-order valence-electron chi connectivity index (χ1n) is 13.3. The molecule has 12 heteroatoms. The van der Waals surface area contributed by atoms with E-state index < -0.39 is 38.4 Å². The fourth-order valence-corrected chi connectivity index (χ4v) is 9.09. The summed E-state index contributed by atoms with van der Waals surface area (Å²) in [6, 6.07) is 10.9. The summed E-state index contributed by atoms with van der Waals surface area (Å²) in [6.07, 6.45) is 3.55. The highest BCUT2D eigenvalue weighted by atomic mass is 35.5. The lowest BCUT2D eigenvalue weighted by Gasteiger charge is -2.34. The third kappa shape index (κ3) is 6.17. The molecule has 5 rings (SSSR count). The number of fused-ring (bicyclic) bond motifs is 2. The zero-order valence-electron chi connectivity index (χ0n) is 22.4. The summed E-state index contributed by atoms with van der Waals surface area (Å²) in [5.41, 5.74) is 0.341. The molecule has 0 heterocycles. The number of nitrogens with zero attached hydrogens (tertiary/aromatic N) is 1. The van der Waals surface area contributed by atoms with Crippen molar-refractivity contribution in [3.05, 3.63) is 94.0 Å². The van der Waals surface area contributed by atoms with Crippen LogP contribution in [0.15, 0.2) is 64.6 Å². The van der Waals surface area contributed by atoms with E-state index in [-0.39, 0.29) is 57.3 Å². The lowest BCUT2D eigenvalue weighted by atomic mass is 9.80. The Hall–Kier alpha value is -3.44. The molecule has 222 valence electrons. The second kappa shape index (κ2) is 12.0. The van der Waals surface area contributed by atoms with Gasteiger partial charge in [0.15, 0.2) is 27.3 Å². The molecule has 3 aromatic carbocycles. The van der Waals surface area contributed by atoms with Crippen LogP contribution in [0.3, 0.4) is 0 Å². The van der Waals surface area contributed by atoms with E-state index in [1.54, 1.807) is 18.3 Å². The molecule has 1 amide bonds. The van der Waals surface area contributed by atoms with Crippen molar-refractivity contribution in [2.75, 3.05) is 5.32 Å². The summed E-state index contributed by atoms with van der Waals surface area (Å²) in [5.74, 6) is -6.02. The van der Waals surface area contributed by atoms with E-state index in [4.69, 9.17) is 16.4 Å². The van der Waals surface area contributed by atoms with Gasteiger partial charge in [-0.25, -0.2) is 26.0 Å². The Labute approximate surface area is 245 Å². The molecule has 2 aliphatic rings. The van der Waals surface area contributed by atoms with Crippen LogP contribution in [0.1, 0.15) is 42.1 Å². The minimum absolute atomic E-state index is 0.00806. The van der Waals surface area contributed by atoms with Gasteiger partial charge in [0, 0.05) is 29.6 Å². The molecular weight excluding hydrogens is 596 g/mol. The zero-order valence-corrected chi connectivity index (χ0v) is 23.9. The Morgan fingerprint density at radius 2 is 1.71 bits per heavy atom. The minimum Gasteiger partial charge on any atom is -0.391 e.